The number of rotatable bonds is 1. The molecule has 0 saturated carbocycles. The maximum atomic E-state index is 11.3. The second-order valence-corrected chi connectivity index (χ2v) is 6.08. The Bertz CT molecular complexity index is 392. The summed E-state index contributed by atoms with van der Waals surface area (Å²) in [5.74, 6) is -0.105. The molecule has 0 saturated heterocycles. The summed E-state index contributed by atoms with van der Waals surface area (Å²) in [6.07, 6.45) is 9.26. The van der Waals surface area contributed by atoms with Crippen molar-refractivity contribution in [1.29, 1.82) is 0 Å². The predicted octanol–water partition coefficient (Wildman–Crippen LogP) is 2.88. The molecule has 114 valence electrons. The lowest BCUT2D eigenvalue weighted by atomic mass is 9.72. The lowest BCUT2D eigenvalue weighted by Crippen LogP contribution is -2.35. The van der Waals surface area contributed by atoms with Gasteiger partial charge in [-0.3, -0.25) is 4.79 Å². The summed E-state index contributed by atoms with van der Waals surface area (Å²) >= 11 is 0. The van der Waals surface area contributed by atoms with Crippen LogP contribution in [0, 0.1) is 18.3 Å². The predicted molar refractivity (Wildman–Crippen MR) is 84.2 cm³/mol. The molecule has 0 spiro atoms. The molecule has 0 radical (unpaired) electrons. The van der Waals surface area contributed by atoms with Crippen LogP contribution in [0.4, 0.5) is 0 Å². The first kappa shape index (κ1) is 20.9. The standard InChI is InChI=1S/C10H16O2.C5H10O.C2H2/c1-6-7(2)10(3,4)5-8(11)9(6)12;1-4-5(2,3)6;1-2/h8,11H,5H2,1-4H3;4,6H,1H2,2-3H3;1-2H. The maximum absolute atomic E-state index is 11.3. The molecule has 0 amide bonds. The first-order valence-corrected chi connectivity index (χ1v) is 6.52. The van der Waals surface area contributed by atoms with E-state index in [2.05, 4.69) is 33.3 Å². The van der Waals surface area contributed by atoms with Crippen molar-refractivity contribution in [1.82, 2.24) is 0 Å². The summed E-state index contributed by atoms with van der Waals surface area (Å²) in [5.41, 5.74) is 1.12. The smallest absolute Gasteiger partial charge is 0.186 e. The number of allylic oxidation sites excluding steroid dienone is 1. The van der Waals surface area contributed by atoms with Gasteiger partial charge in [0.15, 0.2) is 5.78 Å². The van der Waals surface area contributed by atoms with Gasteiger partial charge in [0.25, 0.3) is 0 Å². The van der Waals surface area contributed by atoms with Gasteiger partial charge in [-0.05, 0) is 45.1 Å². The highest BCUT2D eigenvalue weighted by atomic mass is 16.3. The third-order valence-electron chi connectivity index (χ3n) is 3.45. The van der Waals surface area contributed by atoms with Crippen LogP contribution in [0.1, 0.15) is 48.0 Å². The number of Topliss-reactive ketones (excluding diaryl/α,β-unsaturated/α-hetero) is 1. The Morgan fingerprint density at radius 3 is 2.00 bits per heavy atom. The van der Waals surface area contributed by atoms with Crippen molar-refractivity contribution in [3.8, 4) is 12.8 Å². The number of terminal acetylenes is 1. The average molecular weight is 280 g/mol. The van der Waals surface area contributed by atoms with Crippen LogP contribution in [0.15, 0.2) is 23.8 Å². The maximum Gasteiger partial charge on any atom is 0.186 e. The Hall–Kier alpha value is -1.37. The van der Waals surface area contributed by atoms with Crippen molar-refractivity contribution in [3.63, 3.8) is 0 Å². The van der Waals surface area contributed by atoms with Gasteiger partial charge in [0, 0.05) is 0 Å². The highest BCUT2D eigenvalue weighted by Crippen LogP contribution is 2.38. The highest BCUT2D eigenvalue weighted by molar-refractivity contribution is 5.99. The molecule has 1 unspecified atom stereocenters. The quantitative estimate of drug-likeness (QED) is 0.573. The lowest BCUT2D eigenvalue weighted by Gasteiger charge is -2.34. The topological polar surface area (TPSA) is 57.5 Å². The summed E-state index contributed by atoms with van der Waals surface area (Å²) in [5, 5.41) is 18.1. The molecule has 1 atom stereocenters. The lowest BCUT2D eigenvalue weighted by molar-refractivity contribution is -0.125. The molecule has 20 heavy (non-hydrogen) atoms. The molecule has 1 rings (SSSR count). The number of aliphatic hydroxyl groups excluding tert-OH is 1. The van der Waals surface area contributed by atoms with Crippen LogP contribution in [-0.4, -0.2) is 27.7 Å². The van der Waals surface area contributed by atoms with E-state index in [9.17, 15) is 9.90 Å². The molecule has 0 aliphatic heterocycles. The molecule has 0 heterocycles. The van der Waals surface area contributed by atoms with Gasteiger partial charge in [0.1, 0.15) is 6.10 Å². The number of aliphatic hydroxyl groups is 2. The molecular weight excluding hydrogens is 252 g/mol. The van der Waals surface area contributed by atoms with Crippen molar-refractivity contribution >= 4 is 5.78 Å². The van der Waals surface area contributed by atoms with Crippen LogP contribution in [0.25, 0.3) is 0 Å². The summed E-state index contributed by atoms with van der Waals surface area (Å²) in [6.45, 7) is 14.6. The van der Waals surface area contributed by atoms with Crippen LogP contribution in [0.2, 0.25) is 0 Å². The molecule has 0 bridgehead atoms. The first-order valence-electron chi connectivity index (χ1n) is 6.52. The Balaban J connectivity index is 0. The van der Waals surface area contributed by atoms with Gasteiger partial charge < -0.3 is 10.2 Å². The zero-order valence-corrected chi connectivity index (χ0v) is 13.5. The number of carbonyl (C=O) groups excluding carboxylic acids is 1. The zero-order chi connectivity index (χ0) is 16.7. The fraction of sp³-hybridized carbons (Fsp3) is 0.588. The molecule has 2 N–H and O–H groups in total. The number of ketones is 1. The third kappa shape index (κ3) is 6.70. The molecule has 3 nitrogen and oxygen atoms in total. The Labute approximate surface area is 123 Å². The number of carbonyl (C=O) groups is 1. The Morgan fingerprint density at radius 1 is 1.35 bits per heavy atom. The van der Waals surface area contributed by atoms with Crippen LogP contribution in [0.3, 0.4) is 0 Å². The minimum Gasteiger partial charge on any atom is -0.386 e. The summed E-state index contributed by atoms with van der Waals surface area (Å²) < 4.78 is 0. The molecule has 0 aromatic carbocycles. The van der Waals surface area contributed by atoms with Crippen molar-refractivity contribution < 1.29 is 15.0 Å². The second kappa shape index (κ2) is 8.04. The van der Waals surface area contributed by atoms with Crippen LogP contribution >= 0.6 is 0 Å². The van der Waals surface area contributed by atoms with Crippen LogP contribution < -0.4 is 0 Å². The molecule has 0 fully saturated rings. The average Bonchev–Trinajstić information content (AvgIpc) is 2.36. The van der Waals surface area contributed by atoms with E-state index in [0.717, 1.165) is 11.1 Å². The molecule has 1 aliphatic carbocycles. The first-order chi connectivity index (χ1) is 8.92. The highest BCUT2D eigenvalue weighted by Gasteiger charge is 2.35. The van der Waals surface area contributed by atoms with Gasteiger partial charge in [-0.1, -0.05) is 25.5 Å². The van der Waals surface area contributed by atoms with Gasteiger partial charge in [-0.2, -0.15) is 0 Å². The van der Waals surface area contributed by atoms with E-state index in [1.54, 1.807) is 20.8 Å². The van der Waals surface area contributed by atoms with Gasteiger partial charge in [0.05, 0.1) is 5.60 Å². The SMILES string of the molecule is C#C.C=CC(C)(C)O.CC1=C(C)C(C)(C)CC(O)C1=O. The van der Waals surface area contributed by atoms with E-state index in [0.29, 0.717) is 6.42 Å². The number of hydrogen-bond acceptors (Lipinski definition) is 3. The van der Waals surface area contributed by atoms with Gasteiger partial charge in [-0.15, -0.1) is 19.4 Å². The fourth-order valence-electron chi connectivity index (χ4n) is 1.67. The van der Waals surface area contributed by atoms with E-state index in [1.165, 1.54) is 6.08 Å². The zero-order valence-electron chi connectivity index (χ0n) is 13.5. The molecule has 0 aromatic heterocycles. The fourth-order valence-corrected chi connectivity index (χ4v) is 1.67. The van der Waals surface area contributed by atoms with Crippen LogP contribution in [0.5, 0.6) is 0 Å². The normalized spacial score (nSPS) is 21.1. The van der Waals surface area contributed by atoms with Gasteiger partial charge in [0.2, 0.25) is 0 Å². The van der Waals surface area contributed by atoms with Crippen molar-refractivity contribution in [2.24, 2.45) is 5.41 Å². The molecule has 1 aliphatic rings. The van der Waals surface area contributed by atoms with Crippen molar-refractivity contribution in [3.05, 3.63) is 23.8 Å². The van der Waals surface area contributed by atoms with Crippen molar-refractivity contribution in [2.45, 2.75) is 59.7 Å². The monoisotopic (exact) mass is 280 g/mol. The summed E-state index contributed by atoms with van der Waals surface area (Å²) in [7, 11) is 0. The molecule has 3 heteroatoms. The Kier molecular flexibility index (Phi) is 8.41. The Morgan fingerprint density at radius 2 is 1.70 bits per heavy atom. The largest absolute Gasteiger partial charge is 0.386 e. The van der Waals surface area contributed by atoms with E-state index in [-0.39, 0.29) is 11.2 Å². The summed E-state index contributed by atoms with van der Waals surface area (Å²) in [4.78, 5) is 11.3. The van der Waals surface area contributed by atoms with Gasteiger partial charge >= 0.3 is 0 Å². The molecular formula is C17H28O3. The second-order valence-electron chi connectivity index (χ2n) is 6.08. The van der Waals surface area contributed by atoms with Gasteiger partial charge in [-0.25, -0.2) is 0 Å². The third-order valence-corrected chi connectivity index (χ3v) is 3.45. The minimum atomic E-state index is -0.788. The molecule has 0 aromatic rings. The number of hydrogen-bond donors (Lipinski definition) is 2. The van der Waals surface area contributed by atoms with Crippen molar-refractivity contribution in [2.75, 3.05) is 0 Å². The van der Waals surface area contributed by atoms with E-state index in [1.807, 2.05) is 6.92 Å². The summed E-state index contributed by atoms with van der Waals surface area (Å²) in [6, 6.07) is 0. The van der Waals surface area contributed by atoms with Crippen LogP contribution in [-0.2, 0) is 4.79 Å². The minimum absolute atomic E-state index is 0.0303. The van der Waals surface area contributed by atoms with E-state index >= 15 is 0 Å². The van der Waals surface area contributed by atoms with E-state index in [4.69, 9.17) is 5.11 Å². The van der Waals surface area contributed by atoms with E-state index < -0.39 is 11.7 Å².